The molecule has 2 N–H and O–H groups in total. The predicted molar refractivity (Wildman–Crippen MR) is 80.8 cm³/mol. The second kappa shape index (κ2) is 6.02. The number of carboxylic acids is 1. The third-order valence-electron chi connectivity index (χ3n) is 4.90. The molecular formula is C16H30N2O2. The molecule has 3 unspecified atom stereocenters. The lowest BCUT2D eigenvalue weighted by molar-refractivity contribution is -0.148. The molecule has 4 nitrogen and oxygen atoms in total. The highest BCUT2D eigenvalue weighted by molar-refractivity contribution is 5.80. The minimum Gasteiger partial charge on any atom is -0.480 e. The van der Waals surface area contributed by atoms with Crippen LogP contribution in [0.2, 0.25) is 0 Å². The monoisotopic (exact) mass is 282 g/mol. The largest absolute Gasteiger partial charge is 0.480 e. The van der Waals surface area contributed by atoms with Crippen molar-refractivity contribution in [1.82, 2.24) is 10.2 Å². The van der Waals surface area contributed by atoms with E-state index >= 15 is 0 Å². The van der Waals surface area contributed by atoms with Gasteiger partial charge in [-0.2, -0.15) is 0 Å². The highest BCUT2D eigenvalue weighted by Gasteiger charge is 2.52. The number of nitrogens with one attached hydrogen (secondary N) is 1. The van der Waals surface area contributed by atoms with Crippen LogP contribution in [0.25, 0.3) is 0 Å². The minimum absolute atomic E-state index is 0.198. The highest BCUT2D eigenvalue weighted by Crippen LogP contribution is 2.41. The van der Waals surface area contributed by atoms with Gasteiger partial charge in [-0.1, -0.05) is 6.92 Å². The average Bonchev–Trinajstić information content (AvgIpc) is 3.16. The van der Waals surface area contributed by atoms with Gasteiger partial charge in [0.25, 0.3) is 0 Å². The van der Waals surface area contributed by atoms with Crippen LogP contribution in [0.15, 0.2) is 0 Å². The van der Waals surface area contributed by atoms with Gasteiger partial charge in [0, 0.05) is 25.2 Å². The summed E-state index contributed by atoms with van der Waals surface area (Å²) in [6.07, 6.45) is 4.54. The van der Waals surface area contributed by atoms with Crippen molar-refractivity contribution in [2.24, 2.45) is 11.8 Å². The maximum Gasteiger partial charge on any atom is 0.325 e. The van der Waals surface area contributed by atoms with Crippen LogP contribution >= 0.6 is 0 Å². The molecule has 2 fully saturated rings. The molecule has 0 amide bonds. The van der Waals surface area contributed by atoms with Crippen molar-refractivity contribution in [3.63, 3.8) is 0 Å². The van der Waals surface area contributed by atoms with Crippen LogP contribution < -0.4 is 5.32 Å². The first-order valence-electron chi connectivity index (χ1n) is 8.10. The number of piperidine rings is 1. The number of aliphatic carboxylic acids is 1. The van der Waals surface area contributed by atoms with Crippen LogP contribution in [-0.4, -0.2) is 46.7 Å². The van der Waals surface area contributed by atoms with Crippen LogP contribution in [0.5, 0.6) is 0 Å². The van der Waals surface area contributed by atoms with Crippen molar-refractivity contribution < 1.29 is 9.90 Å². The second-order valence-corrected chi connectivity index (χ2v) is 7.31. The Labute approximate surface area is 122 Å². The predicted octanol–water partition coefficient (Wildman–Crippen LogP) is 2.34. The van der Waals surface area contributed by atoms with E-state index in [1.165, 1.54) is 12.8 Å². The molecule has 20 heavy (non-hydrogen) atoms. The van der Waals surface area contributed by atoms with Crippen molar-refractivity contribution in [2.45, 2.75) is 71.0 Å². The van der Waals surface area contributed by atoms with Gasteiger partial charge in [0.2, 0.25) is 0 Å². The maximum absolute atomic E-state index is 12.0. The number of hydrogen-bond acceptors (Lipinski definition) is 3. The van der Waals surface area contributed by atoms with Crippen molar-refractivity contribution in [1.29, 1.82) is 0 Å². The Hall–Kier alpha value is -0.610. The molecule has 2 aliphatic rings. The smallest absolute Gasteiger partial charge is 0.325 e. The zero-order valence-corrected chi connectivity index (χ0v) is 13.4. The Morgan fingerprint density at radius 2 is 1.95 bits per heavy atom. The molecule has 1 saturated carbocycles. The van der Waals surface area contributed by atoms with E-state index in [2.05, 4.69) is 24.1 Å². The van der Waals surface area contributed by atoms with E-state index in [1.807, 2.05) is 13.8 Å². The summed E-state index contributed by atoms with van der Waals surface area (Å²) in [4.78, 5) is 14.4. The normalized spacial score (nSPS) is 31.2. The fourth-order valence-electron chi connectivity index (χ4n) is 3.61. The molecule has 2 rings (SSSR count). The summed E-state index contributed by atoms with van der Waals surface area (Å²) in [5.41, 5.74) is -0.751. The van der Waals surface area contributed by atoms with Crippen molar-refractivity contribution in [3.8, 4) is 0 Å². The number of carbonyl (C=O) groups is 1. The van der Waals surface area contributed by atoms with Gasteiger partial charge in [0.05, 0.1) is 0 Å². The molecule has 1 saturated heterocycles. The molecule has 0 radical (unpaired) electrons. The van der Waals surface area contributed by atoms with Crippen molar-refractivity contribution >= 4 is 5.97 Å². The number of rotatable bonds is 6. The van der Waals surface area contributed by atoms with E-state index in [0.29, 0.717) is 24.4 Å². The molecule has 0 spiro atoms. The van der Waals surface area contributed by atoms with Crippen LogP contribution in [0, 0.1) is 11.8 Å². The molecule has 0 bridgehead atoms. The maximum atomic E-state index is 12.0. The summed E-state index contributed by atoms with van der Waals surface area (Å²) in [7, 11) is 0. The standard InChI is InChI=1S/C16H30N2O2/c1-11(2)17-16(15(19)20,14-7-8-14)10-18-9-12(3)5-6-13(18)4/h11-14,17H,5-10H2,1-4H3,(H,19,20). The molecule has 4 heteroatoms. The van der Waals surface area contributed by atoms with Gasteiger partial charge >= 0.3 is 5.97 Å². The Balaban J connectivity index is 2.15. The van der Waals surface area contributed by atoms with Gasteiger partial charge in [-0.25, -0.2) is 0 Å². The van der Waals surface area contributed by atoms with Crippen LogP contribution in [0.1, 0.15) is 53.4 Å². The third-order valence-corrected chi connectivity index (χ3v) is 4.90. The number of nitrogens with zero attached hydrogens (tertiary/aromatic N) is 1. The Morgan fingerprint density at radius 3 is 2.45 bits per heavy atom. The first-order valence-corrected chi connectivity index (χ1v) is 8.10. The van der Waals surface area contributed by atoms with Crippen molar-refractivity contribution in [2.75, 3.05) is 13.1 Å². The molecule has 0 aromatic rings. The summed E-state index contributed by atoms with van der Waals surface area (Å²) in [6, 6.07) is 0.696. The first kappa shape index (κ1) is 15.8. The van der Waals surface area contributed by atoms with Crippen LogP contribution in [-0.2, 0) is 4.79 Å². The lowest BCUT2D eigenvalue weighted by atomic mass is 9.87. The van der Waals surface area contributed by atoms with E-state index < -0.39 is 11.5 Å². The van der Waals surface area contributed by atoms with Gasteiger partial charge in [-0.15, -0.1) is 0 Å². The fraction of sp³-hybridized carbons (Fsp3) is 0.938. The van der Waals surface area contributed by atoms with Gasteiger partial charge in [0.15, 0.2) is 0 Å². The molecule has 1 aliphatic carbocycles. The number of carboxylic acid groups (broad SMARTS) is 1. The highest BCUT2D eigenvalue weighted by atomic mass is 16.4. The molecule has 0 aromatic carbocycles. The van der Waals surface area contributed by atoms with Gasteiger partial charge < -0.3 is 5.11 Å². The first-order chi connectivity index (χ1) is 9.35. The molecule has 1 aliphatic heterocycles. The summed E-state index contributed by atoms with van der Waals surface area (Å²) in [5, 5.41) is 13.3. The Bertz CT molecular complexity index is 354. The Morgan fingerprint density at radius 1 is 1.30 bits per heavy atom. The van der Waals surface area contributed by atoms with Gasteiger partial charge in [0.1, 0.15) is 5.54 Å². The van der Waals surface area contributed by atoms with E-state index in [4.69, 9.17) is 0 Å². The fourth-order valence-corrected chi connectivity index (χ4v) is 3.61. The van der Waals surface area contributed by atoms with E-state index in [0.717, 1.165) is 19.4 Å². The van der Waals surface area contributed by atoms with Crippen LogP contribution in [0.4, 0.5) is 0 Å². The van der Waals surface area contributed by atoms with E-state index in [1.54, 1.807) is 0 Å². The van der Waals surface area contributed by atoms with E-state index in [-0.39, 0.29) is 6.04 Å². The minimum atomic E-state index is -0.751. The third kappa shape index (κ3) is 3.34. The molecular weight excluding hydrogens is 252 g/mol. The summed E-state index contributed by atoms with van der Waals surface area (Å²) in [5.74, 6) is 0.307. The molecule has 116 valence electrons. The average molecular weight is 282 g/mol. The Kier molecular flexibility index (Phi) is 4.75. The van der Waals surface area contributed by atoms with Crippen LogP contribution in [0.3, 0.4) is 0 Å². The number of likely N-dealkylation sites (tertiary alicyclic amines) is 1. The topological polar surface area (TPSA) is 52.6 Å². The molecule has 3 atom stereocenters. The lowest BCUT2D eigenvalue weighted by Crippen LogP contribution is -2.64. The zero-order chi connectivity index (χ0) is 14.9. The number of hydrogen-bond donors (Lipinski definition) is 2. The van der Waals surface area contributed by atoms with Crippen molar-refractivity contribution in [3.05, 3.63) is 0 Å². The summed E-state index contributed by atoms with van der Waals surface area (Å²) >= 11 is 0. The molecule has 0 aromatic heterocycles. The zero-order valence-electron chi connectivity index (χ0n) is 13.4. The summed E-state index contributed by atoms with van der Waals surface area (Å²) < 4.78 is 0. The molecule has 1 heterocycles. The lowest BCUT2D eigenvalue weighted by Gasteiger charge is -2.43. The quantitative estimate of drug-likeness (QED) is 0.785. The SMILES string of the molecule is CC1CCC(C)N(CC(NC(C)C)(C(=O)O)C2CC2)C1. The van der Waals surface area contributed by atoms with Gasteiger partial charge in [-0.05, 0) is 58.3 Å². The second-order valence-electron chi connectivity index (χ2n) is 7.31. The van der Waals surface area contributed by atoms with Gasteiger partial charge in [-0.3, -0.25) is 15.0 Å². The summed E-state index contributed by atoms with van der Waals surface area (Å²) in [6.45, 7) is 10.3. The van der Waals surface area contributed by atoms with E-state index in [9.17, 15) is 9.90 Å².